The molecule has 1 rings (SSSR count). The lowest BCUT2D eigenvalue weighted by molar-refractivity contribution is 0.397. The lowest BCUT2D eigenvalue weighted by atomic mass is 10.3. The summed E-state index contributed by atoms with van der Waals surface area (Å²) in [7, 11) is -1.09. The van der Waals surface area contributed by atoms with Crippen LogP contribution >= 0.6 is 7.04 Å². The fourth-order valence-electron chi connectivity index (χ4n) is 2.24. The van der Waals surface area contributed by atoms with Gasteiger partial charge in [-0.1, -0.05) is 27.1 Å². The third kappa shape index (κ3) is 1.87. The van der Waals surface area contributed by atoms with Crippen molar-refractivity contribution in [3.05, 3.63) is 0 Å². The van der Waals surface area contributed by atoms with E-state index >= 15 is 0 Å². The van der Waals surface area contributed by atoms with Crippen molar-refractivity contribution in [3.8, 4) is 0 Å². The van der Waals surface area contributed by atoms with Gasteiger partial charge in [-0.2, -0.15) is 0 Å². The maximum Gasteiger partial charge on any atom is 0.00767 e. The molecule has 0 aromatic heterocycles. The van der Waals surface area contributed by atoms with Crippen molar-refractivity contribution in [2.24, 2.45) is 0 Å². The molecule has 0 aromatic carbocycles. The molecule has 1 aliphatic rings. The predicted octanol–water partition coefficient (Wildman–Crippen LogP) is 3.26. The Morgan fingerprint density at radius 1 is 1.31 bits per heavy atom. The minimum absolute atomic E-state index is 0.397. The predicted molar refractivity (Wildman–Crippen MR) is 65.1 cm³/mol. The van der Waals surface area contributed by atoms with Gasteiger partial charge in [-0.25, -0.2) is 0 Å². The topological polar surface area (TPSA) is 3.24 Å². The van der Waals surface area contributed by atoms with E-state index in [1.807, 2.05) is 0 Å². The van der Waals surface area contributed by atoms with Crippen LogP contribution in [0.1, 0.15) is 41.0 Å². The Morgan fingerprint density at radius 2 is 1.85 bits per heavy atom. The Labute approximate surface area is 83.5 Å². The Balaban J connectivity index is 2.96. The molecule has 1 aliphatic heterocycles. The number of nitrogens with zero attached hydrogens (tertiary/aromatic N) is 1. The summed E-state index contributed by atoms with van der Waals surface area (Å²) in [6.45, 7) is 12.9. The maximum absolute atomic E-state index is 4.58. The highest BCUT2D eigenvalue weighted by Crippen LogP contribution is 2.64. The molecule has 0 radical (unpaired) electrons. The summed E-state index contributed by atoms with van der Waals surface area (Å²) in [6, 6.07) is 0.674. The molecule has 1 heterocycles. The fraction of sp³-hybridized carbons (Fsp3) is 0.909. The van der Waals surface area contributed by atoms with E-state index in [4.69, 9.17) is 0 Å². The number of rotatable bonds is 1. The zero-order valence-electron chi connectivity index (χ0n) is 9.80. The lowest BCUT2D eigenvalue weighted by Gasteiger charge is -2.43. The molecule has 78 valence electrons. The van der Waals surface area contributed by atoms with E-state index in [2.05, 4.69) is 45.6 Å². The van der Waals surface area contributed by atoms with Crippen molar-refractivity contribution >= 4 is 13.3 Å². The third-order valence-electron chi connectivity index (χ3n) is 3.25. The maximum atomic E-state index is 4.58. The van der Waals surface area contributed by atoms with Gasteiger partial charge in [0.25, 0.3) is 0 Å². The van der Waals surface area contributed by atoms with Crippen LogP contribution in [0.15, 0.2) is 0 Å². The highest BCUT2D eigenvalue weighted by Gasteiger charge is 2.39. The van der Waals surface area contributed by atoms with Gasteiger partial charge in [-0.15, -0.1) is 0 Å². The van der Waals surface area contributed by atoms with Crippen LogP contribution in [0.5, 0.6) is 0 Å². The van der Waals surface area contributed by atoms with Crippen LogP contribution in [0.25, 0.3) is 0 Å². The summed E-state index contributed by atoms with van der Waals surface area (Å²) >= 11 is 0. The van der Waals surface area contributed by atoms with Crippen molar-refractivity contribution < 1.29 is 0 Å². The molecule has 0 saturated carbocycles. The van der Waals surface area contributed by atoms with Crippen LogP contribution < -0.4 is 0 Å². The zero-order chi connectivity index (χ0) is 10.3. The minimum atomic E-state index is -1.09. The van der Waals surface area contributed by atoms with Gasteiger partial charge in [-0.05, 0) is 38.6 Å². The van der Waals surface area contributed by atoms with Crippen LogP contribution in [0.3, 0.4) is 0 Å². The van der Waals surface area contributed by atoms with Crippen molar-refractivity contribution in [2.75, 3.05) is 12.7 Å². The molecular formula is C11H24NP. The summed E-state index contributed by atoms with van der Waals surface area (Å²) < 4.78 is 2.67. The van der Waals surface area contributed by atoms with Crippen LogP contribution in [-0.4, -0.2) is 34.9 Å². The second-order valence-corrected chi connectivity index (χ2v) is 9.58. The molecule has 1 saturated heterocycles. The fourth-order valence-corrected chi connectivity index (χ4v) is 6.01. The van der Waals surface area contributed by atoms with Gasteiger partial charge in [0.05, 0.1) is 0 Å². The molecule has 1 nitrogen and oxygen atoms in total. The summed E-state index contributed by atoms with van der Waals surface area (Å²) in [5, 5.41) is 0.397. The molecule has 1 fully saturated rings. The number of hydrogen-bond acceptors (Lipinski definition) is 1. The van der Waals surface area contributed by atoms with Gasteiger partial charge in [0, 0.05) is 12.6 Å². The summed E-state index contributed by atoms with van der Waals surface area (Å²) in [5.74, 6) is 0. The zero-order valence-corrected chi connectivity index (χ0v) is 10.7. The van der Waals surface area contributed by atoms with Crippen LogP contribution in [-0.2, 0) is 0 Å². The van der Waals surface area contributed by atoms with E-state index in [1.54, 1.807) is 0 Å². The molecule has 0 N–H and O–H groups in total. The van der Waals surface area contributed by atoms with Gasteiger partial charge < -0.3 is 0 Å². The molecule has 2 heteroatoms. The van der Waals surface area contributed by atoms with E-state index in [0.29, 0.717) is 11.2 Å². The van der Waals surface area contributed by atoms with Gasteiger partial charge in [0.2, 0.25) is 0 Å². The number of hydrogen-bond donors (Lipinski definition) is 0. The molecule has 0 bridgehead atoms. The molecular weight excluding hydrogens is 177 g/mol. The van der Waals surface area contributed by atoms with Gasteiger partial charge in [0.15, 0.2) is 0 Å². The third-order valence-corrected chi connectivity index (χ3v) is 8.45. The van der Waals surface area contributed by atoms with Crippen LogP contribution in [0.2, 0.25) is 0 Å². The standard InChI is InChI=1S/C11H24NP/c1-10(2)12-8-7-9-13(12,6)11(3,4)5/h10H,6-9H2,1-5H3/t13-/m0/s1. The van der Waals surface area contributed by atoms with Crippen LogP contribution in [0, 0.1) is 0 Å². The minimum Gasteiger partial charge on any atom is -0.281 e. The van der Waals surface area contributed by atoms with Crippen molar-refractivity contribution in [1.82, 2.24) is 4.67 Å². The first-order valence-electron chi connectivity index (χ1n) is 5.29. The Hall–Kier alpha value is 0.260. The monoisotopic (exact) mass is 201 g/mol. The largest absolute Gasteiger partial charge is 0.281 e. The molecule has 0 spiro atoms. The van der Waals surface area contributed by atoms with Gasteiger partial charge >= 0.3 is 0 Å². The van der Waals surface area contributed by atoms with Crippen molar-refractivity contribution in [2.45, 2.75) is 52.2 Å². The smallest absolute Gasteiger partial charge is 0.00767 e. The van der Waals surface area contributed by atoms with Crippen molar-refractivity contribution in [3.63, 3.8) is 0 Å². The average Bonchev–Trinajstić information content (AvgIpc) is 2.30. The molecule has 0 amide bonds. The molecule has 13 heavy (non-hydrogen) atoms. The van der Waals surface area contributed by atoms with Gasteiger partial charge in [-0.3, -0.25) is 4.67 Å². The Kier molecular flexibility index (Phi) is 3.00. The average molecular weight is 201 g/mol. The first-order chi connectivity index (χ1) is 5.79. The van der Waals surface area contributed by atoms with E-state index in [0.717, 1.165) is 0 Å². The van der Waals surface area contributed by atoms with Gasteiger partial charge in [0.1, 0.15) is 0 Å². The lowest BCUT2D eigenvalue weighted by Crippen LogP contribution is -2.32. The molecule has 1 atom stereocenters. The molecule has 0 unspecified atom stereocenters. The van der Waals surface area contributed by atoms with E-state index in [1.165, 1.54) is 19.1 Å². The normalized spacial score (nSPS) is 31.5. The van der Waals surface area contributed by atoms with E-state index < -0.39 is 7.04 Å². The summed E-state index contributed by atoms with van der Waals surface area (Å²) in [4.78, 5) is 0. The molecule has 0 aromatic rings. The van der Waals surface area contributed by atoms with Crippen LogP contribution in [0.4, 0.5) is 0 Å². The SMILES string of the molecule is C=[P@@]1(C(C)(C)C)CCCN1C(C)C. The summed E-state index contributed by atoms with van der Waals surface area (Å²) in [5.41, 5.74) is 0. The second-order valence-electron chi connectivity index (χ2n) is 5.43. The molecule has 0 aliphatic carbocycles. The highest BCUT2D eigenvalue weighted by molar-refractivity contribution is 7.73. The Bertz CT molecular complexity index is 225. The second kappa shape index (κ2) is 3.44. The van der Waals surface area contributed by atoms with E-state index in [-0.39, 0.29) is 0 Å². The first kappa shape index (κ1) is 11.3. The Morgan fingerprint density at radius 3 is 2.15 bits per heavy atom. The quantitative estimate of drug-likeness (QED) is 0.588. The first-order valence-corrected chi connectivity index (χ1v) is 7.40. The summed E-state index contributed by atoms with van der Waals surface area (Å²) in [6.07, 6.45) is 7.29. The van der Waals surface area contributed by atoms with E-state index in [9.17, 15) is 0 Å². The highest BCUT2D eigenvalue weighted by atomic mass is 31.2. The van der Waals surface area contributed by atoms with Crippen molar-refractivity contribution in [1.29, 1.82) is 0 Å².